The first kappa shape index (κ1) is 23.9. The van der Waals surface area contributed by atoms with Crippen molar-refractivity contribution in [3.63, 3.8) is 0 Å². The molecular weight excluding hydrogens is 404 g/mol. The molecule has 0 fully saturated rings. The fraction of sp³-hybridized carbons (Fsp3) is 0.567. The highest BCUT2D eigenvalue weighted by Gasteiger charge is 2.46. The normalized spacial score (nSPS) is 21.5. The van der Waals surface area contributed by atoms with Crippen molar-refractivity contribution in [1.29, 1.82) is 0 Å². The van der Waals surface area contributed by atoms with Crippen molar-refractivity contribution >= 4 is 17.3 Å². The molecule has 2 aromatic carbocycles. The van der Waals surface area contributed by atoms with Crippen molar-refractivity contribution in [3.8, 4) is 0 Å². The zero-order valence-electron chi connectivity index (χ0n) is 22.1. The highest BCUT2D eigenvalue weighted by molar-refractivity contribution is 6.06. The van der Waals surface area contributed by atoms with Gasteiger partial charge in [0, 0.05) is 24.0 Å². The van der Waals surface area contributed by atoms with E-state index in [2.05, 4.69) is 72.1 Å². The summed E-state index contributed by atoms with van der Waals surface area (Å²) < 4.78 is 0. The predicted octanol–water partition coefficient (Wildman–Crippen LogP) is 7.68. The number of amides is 1. The molecule has 3 nitrogen and oxygen atoms in total. The van der Waals surface area contributed by atoms with Crippen LogP contribution in [0.2, 0.25) is 0 Å². The third-order valence-corrected chi connectivity index (χ3v) is 8.56. The summed E-state index contributed by atoms with van der Waals surface area (Å²) in [7, 11) is 1.89. The van der Waals surface area contributed by atoms with Crippen molar-refractivity contribution in [2.75, 3.05) is 17.7 Å². The van der Waals surface area contributed by atoms with Crippen LogP contribution >= 0.6 is 0 Å². The average molecular weight is 447 g/mol. The maximum absolute atomic E-state index is 13.6. The summed E-state index contributed by atoms with van der Waals surface area (Å²) in [5, 5.41) is 6.61. The lowest BCUT2D eigenvalue weighted by molar-refractivity contribution is 0.102. The minimum Gasteiger partial charge on any atom is -0.388 e. The van der Waals surface area contributed by atoms with Crippen molar-refractivity contribution in [2.45, 2.75) is 103 Å². The standard InChI is InChI=1S/C30H42N2O/c1-27(2)14-16-29(5,6)23-21(27)18-22-24(30(7,8)17-15-28(22,3)4)25(23)32-26(33)19-10-12-20(31-9)13-11-19/h10-13,18,31H,14-17H2,1-9H3,(H,32,33). The number of fused-ring (bicyclic) bond motifs is 2. The van der Waals surface area contributed by atoms with Crippen LogP contribution in [0.1, 0.15) is 114 Å². The maximum atomic E-state index is 13.6. The van der Waals surface area contributed by atoms with Gasteiger partial charge < -0.3 is 10.6 Å². The molecule has 2 aliphatic rings. The Kier molecular flexibility index (Phi) is 5.50. The van der Waals surface area contributed by atoms with Gasteiger partial charge in [-0.15, -0.1) is 0 Å². The van der Waals surface area contributed by atoms with Crippen LogP contribution in [-0.2, 0) is 21.7 Å². The SMILES string of the molecule is CNc1ccc(C(=O)Nc2c3c(cc4c2C(C)(C)CCC4(C)C)C(C)(C)CCC3(C)C)cc1. The second-order valence-corrected chi connectivity index (χ2v) is 12.9. The lowest BCUT2D eigenvalue weighted by atomic mass is 9.56. The Morgan fingerprint density at radius 2 is 1.12 bits per heavy atom. The van der Waals surface area contributed by atoms with Gasteiger partial charge in [0.25, 0.3) is 5.91 Å². The van der Waals surface area contributed by atoms with E-state index in [1.165, 1.54) is 22.3 Å². The number of carbonyl (C=O) groups is 1. The summed E-state index contributed by atoms with van der Waals surface area (Å²) in [6.07, 6.45) is 4.56. The molecular formula is C30H42N2O. The molecule has 0 aromatic heterocycles. The third kappa shape index (κ3) is 3.98. The first-order chi connectivity index (χ1) is 15.2. The van der Waals surface area contributed by atoms with Crippen molar-refractivity contribution in [2.24, 2.45) is 0 Å². The van der Waals surface area contributed by atoms with Crippen LogP contribution < -0.4 is 10.6 Å². The first-order valence-corrected chi connectivity index (χ1v) is 12.5. The highest BCUT2D eigenvalue weighted by Crippen LogP contribution is 2.56. The molecule has 2 aromatic rings. The van der Waals surface area contributed by atoms with E-state index < -0.39 is 0 Å². The summed E-state index contributed by atoms with van der Waals surface area (Å²) in [5.41, 5.74) is 8.53. The van der Waals surface area contributed by atoms with Gasteiger partial charge in [-0.05, 0) is 93.9 Å². The van der Waals surface area contributed by atoms with Gasteiger partial charge in [0.2, 0.25) is 0 Å². The number of nitrogens with one attached hydrogen (secondary N) is 2. The molecule has 4 rings (SSSR count). The van der Waals surface area contributed by atoms with Crippen LogP contribution in [0.15, 0.2) is 30.3 Å². The molecule has 0 atom stereocenters. The number of hydrogen-bond donors (Lipinski definition) is 2. The molecule has 0 unspecified atom stereocenters. The molecule has 0 bridgehead atoms. The summed E-state index contributed by atoms with van der Waals surface area (Å²) >= 11 is 0. The Hall–Kier alpha value is -2.29. The number of hydrogen-bond acceptors (Lipinski definition) is 2. The predicted molar refractivity (Wildman–Crippen MR) is 141 cm³/mol. The van der Waals surface area contributed by atoms with Gasteiger partial charge in [-0.25, -0.2) is 0 Å². The Morgan fingerprint density at radius 1 is 0.697 bits per heavy atom. The van der Waals surface area contributed by atoms with E-state index in [1.54, 1.807) is 0 Å². The smallest absolute Gasteiger partial charge is 0.255 e. The second kappa shape index (κ2) is 7.61. The zero-order chi connectivity index (χ0) is 24.4. The van der Waals surface area contributed by atoms with Gasteiger partial charge in [0.05, 0.1) is 0 Å². The van der Waals surface area contributed by atoms with E-state index in [1.807, 2.05) is 31.3 Å². The molecule has 0 radical (unpaired) electrons. The number of benzene rings is 2. The lowest BCUT2D eigenvalue weighted by Crippen LogP contribution is -2.41. The molecule has 2 N–H and O–H groups in total. The van der Waals surface area contributed by atoms with Gasteiger partial charge >= 0.3 is 0 Å². The first-order valence-electron chi connectivity index (χ1n) is 12.5. The molecule has 2 aliphatic carbocycles. The van der Waals surface area contributed by atoms with Gasteiger partial charge in [-0.2, -0.15) is 0 Å². The summed E-state index contributed by atoms with van der Waals surface area (Å²) in [5.74, 6) is -0.0217. The maximum Gasteiger partial charge on any atom is 0.255 e. The monoisotopic (exact) mass is 446 g/mol. The molecule has 3 heteroatoms. The topological polar surface area (TPSA) is 41.1 Å². The van der Waals surface area contributed by atoms with Gasteiger partial charge in [0.1, 0.15) is 0 Å². The van der Waals surface area contributed by atoms with E-state index in [0.29, 0.717) is 5.56 Å². The molecule has 0 saturated carbocycles. The van der Waals surface area contributed by atoms with Crippen molar-refractivity contribution < 1.29 is 4.79 Å². The van der Waals surface area contributed by atoms with Crippen LogP contribution in [0.5, 0.6) is 0 Å². The van der Waals surface area contributed by atoms with E-state index in [0.717, 1.165) is 37.1 Å². The Balaban J connectivity index is 1.98. The van der Waals surface area contributed by atoms with E-state index >= 15 is 0 Å². The molecule has 1 amide bonds. The molecule has 178 valence electrons. The van der Waals surface area contributed by atoms with Gasteiger partial charge in [-0.1, -0.05) is 61.5 Å². The molecule has 33 heavy (non-hydrogen) atoms. The quantitative estimate of drug-likeness (QED) is 0.507. The summed E-state index contributed by atoms with van der Waals surface area (Å²) in [6, 6.07) is 10.3. The highest BCUT2D eigenvalue weighted by atomic mass is 16.1. The fourth-order valence-electron chi connectivity index (χ4n) is 6.02. The second-order valence-electron chi connectivity index (χ2n) is 12.9. The van der Waals surface area contributed by atoms with Gasteiger partial charge in [-0.3, -0.25) is 4.79 Å². The number of rotatable bonds is 3. The van der Waals surface area contributed by atoms with Crippen LogP contribution in [0.25, 0.3) is 0 Å². The van der Waals surface area contributed by atoms with Crippen LogP contribution in [0.3, 0.4) is 0 Å². The van der Waals surface area contributed by atoms with E-state index in [4.69, 9.17) is 0 Å². The fourth-order valence-corrected chi connectivity index (χ4v) is 6.02. The van der Waals surface area contributed by atoms with Crippen LogP contribution in [0.4, 0.5) is 11.4 Å². The lowest BCUT2D eigenvalue weighted by Gasteiger charge is -2.49. The largest absolute Gasteiger partial charge is 0.388 e. The van der Waals surface area contributed by atoms with Crippen molar-refractivity contribution in [1.82, 2.24) is 0 Å². The number of carbonyl (C=O) groups excluding carboxylic acids is 1. The Bertz CT molecular complexity index is 1030. The molecule has 0 saturated heterocycles. The van der Waals surface area contributed by atoms with Crippen LogP contribution in [-0.4, -0.2) is 13.0 Å². The minimum absolute atomic E-state index is 0.0101. The minimum atomic E-state index is -0.0217. The zero-order valence-corrected chi connectivity index (χ0v) is 22.1. The van der Waals surface area contributed by atoms with Crippen LogP contribution in [0, 0.1) is 0 Å². The summed E-state index contributed by atoms with van der Waals surface area (Å²) in [4.78, 5) is 13.6. The number of anilines is 2. The summed E-state index contributed by atoms with van der Waals surface area (Å²) in [6.45, 7) is 18.9. The average Bonchev–Trinajstić information content (AvgIpc) is 2.74. The van der Waals surface area contributed by atoms with Crippen molar-refractivity contribution in [3.05, 3.63) is 58.1 Å². The van der Waals surface area contributed by atoms with E-state index in [-0.39, 0.29) is 27.6 Å². The molecule has 0 aliphatic heterocycles. The third-order valence-electron chi connectivity index (χ3n) is 8.56. The Morgan fingerprint density at radius 3 is 1.55 bits per heavy atom. The van der Waals surface area contributed by atoms with Gasteiger partial charge in [0.15, 0.2) is 0 Å². The Labute approximate surface area is 200 Å². The molecule has 0 heterocycles. The molecule has 0 spiro atoms. The van der Waals surface area contributed by atoms with E-state index in [9.17, 15) is 4.79 Å².